The third-order valence-corrected chi connectivity index (χ3v) is 9.23. The standard InChI is InChI=1S/C32H30ClFN6O5/c1-32(22-6-5-19(33)13-23(22)34)43-27-4-2-3-21(29(27)44-32)18-7-10-39(11-8-18)17-28-36-24-14-25(30-37-31(41)45-38-30)35-15-26(24)40(28)16-20-9-12-42-20/h2-6,13-15,18,20H,7-12,16-17H2,1H3,(H,37,38,41)/t20-,32-/m0/s1. The summed E-state index contributed by atoms with van der Waals surface area (Å²) in [7, 11) is 0. The van der Waals surface area contributed by atoms with Gasteiger partial charge in [0.25, 0.3) is 5.79 Å². The number of para-hydroxylation sites is 1. The molecule has 3 aromatic heterocycles. The van der Waals surface area contributed by atoms with Gasteiger partial charge < -0.3 is 18.8 Å². The van der Waals surface area contributed by atoms with Gasteiger partial charge in [-0.1, -0.05) is 28.9 Å². The monoisotopic (exact) mass is 632 g/mol. The lowest BCUT2D eigenvalue weighted by molar-refractivity contribution is -0.0712. The summed E-state index contributed by atoms with van der Waals surface area (Å²) in [6, 6.07) is 12.3. The van der Waals surface area contributed by atoms with E-state index in [0.717, 1.165) is 61.4 Å². The van der Waals surface area contributed by atoms with Gasteiger partial charge in [0.2, 0.25) is 5.82 Å². The van der Waals surface area contributed by atoms with E-state index >= 15 is 0 Å². The van der Waals surface area contributed by atoms with Crippen LogP contribution in [0.2, 0.25) is 5.02 Å². The Labute approximate surface area is 261 Å². The van der Waals surface area contributed by atoms with Crippen LogP contribution in [0.3, 0.4) is 0 Å². The Morgan fingerprint density at radius 2 is 1.98 bits per heavy atom. The van der Waals surface area contributed by atoms with Gasteiger partial charge in [-0.25, -0.2) is 14.2 Å². The summed E-state index contributed by atoms with van der Waals surface area (Å²) in [5, 5.41) is 4.08. The second-order valence-corrected chi connectivity index (χ2v) is 12.4. The average molecular weight is 633 g/mol. The highest BCUT2D eigenvalue weighted by Gasteiger charge is 2.43. The van der Waals surface area contributed by atoms with Crippen molar-refractivity contribution < 1.29 is 23.1 Å². The lowest BCUT2D eigenvalue weighted by atomic mass is 9.88. The highest BCUT2D eigenvalue weighted by atomic mass is 35.5. The molecule has 0 unspecified atom stereocenters. The fourth-order valence-corrected chi connectivity index (χ4v) is 6.70. The Morgan fingerprint density at radius 3 is 2.71 bits per heavy atom. The van der Waals surface area contributed by atoms with E-state index in [-0.39, 0.29) is 17.8 Å². The van der Waals surface area contributed by atoms with E-state index in [2.05, 4.69) is 35.2 Å². The Balaban J connectivity index is 1.00. The number of pyridine rings is 1. The maximum atomic E-state index is 14.8. The highest BCUT2D eigenvalue weighted by molar-refractivity contribution is 6.30. The van der Waals surface area contributed by atoms with Crippen molar-refractivity contribution in [2.75, 3.05) is 19.7 Å². The number of benzene rings is 2. The van der Waals surface area contributed by atoms with E-state index in [1.165, 1.54) is 6.07 Å². The molecule has 5 aromatic rings. The number of rotatable bonds is 7. The Kier molecular flexibility index (Phi) is 6.88. The molecular formula is C32H30ClFN6O5. The highest BCUT2D eigenvalue weighted by Crippen LogP contribution is 2.50. The van der Waals surface area contributed by atoms with Gasteiger partial charge in [0.1, 0.15) is 17.3 Å². The summed E-state index contributed by atoms with van der Waals surface area (Å²) in [5.41, 5.74) is 3.54. The second kappa shape index (κ2) is 11.0. The van der Waals surface area contributed by atoms with Crippen LogP contribution >= 0.6 is 11.6 Å². The number of hydrogen-bond donors (Lipinski definition) is 1. The first-order valence-corrected chi connectivity index (χ1v) is 15.4. The van der Waals surface area contributed by atoms with Crippen LogP contribution in [0.5, 0.6) is 11.5 Å². The maximum Gasteiger partial charge on any atom is 0.439 e. The first kappa shape index (κ1) is 28.2. The van der Waals surface area contributed by atoms with Crippen LogP contribution < -0.4 is 15.2 Å². The lowest BCUT2D eigenvalue weighted by Crippen LogP contribution is -2.35. The first-order valence-electron chi connectivity index (χ1n) is 15.0. The van der Waals surface area contributed by atoms with Crippen molar-refractivity contribution in [1.29, 1.82) is 0 Å². The van der Waals surface area contributed by atoms with Gasteiger partial charge in [0.05, 0.1) is 42.0 Å². The number of aromatic nitrogens is 5. The first-order chi connectivity index (χ1) is 21.8. The van der Waals surface area contributed by atoms with Crippen molar-refractivity contribution in [3.63, 3.8) is 0 Å². The van der Waals surface area contributed by atoms with Crippen molar-refractivity contribution in [3.8, 4) is 23.0 Å². The molecule has 0 bridgehead atoms. The predicted octanol–water partition coefficient (Wildman–Crippen LogP) is 5.38. The summed E-state index contributed by atoms with van der Waals surface area (Å²) in [6.07, 6.45) is 4.76. The molecule has 6 heterocycles. The molecule has 2 fully saturated rings. The van der Waals surface area contributed by atoms with Gasteiger partial charge in [-0.15, -0.1) is 0 Å². The topological polar surface area (TPSA) is 121 Å². The van der Waals surface area contributed by atoms with E-state index < -0.39 is 17.4 Å². The molecule has 2 saturated heterocycles. The lowest BCUT2D eigenvalue weighted by Gasteiger charge is -2.33. The van der Waals surface area contributed by atoms with E-state index in [0.29, 0.717) is 40.9 Å². The number of ether oxygens (including phenoxy) is 3. The number of nitrogens with one attached hydrogen (secondary N) is 1. The van der Waals surface area contributed by atoms with Crippen molar-refractivity contribution >= 4 is 22.6 Å². The zero-order valence-corrected chi connectivity index (χ0v) is 25.2. The molecule has 11 nitrogen and oxygen atoms in total. The van der Waals surface area contributed by atoms with Crippen molar-refractivity contribution in [2.24, 2.45) is 0 Å². The number of piperidine rings is 1. The Bertz CT molecular complexity index is 1960. The molecule has 0 saturated carbocycles. The minimum absolute atomic E-state index is 0.146. The third-order valence-electron chi connectivity index (χ3n) is 9.00. The minimum Gasteiger partial charge on any atom is -0.444 e. The average Bonchev–Trinajstić information content (AvgIpc) is 3.69. The van der Waals surface area contributed by atoms with Crippen LogP contribution in [0.25, 0.3) is 22.6 Å². The predicted molar refractivity (Wildman–Crippen MR) is 162 cm³/mol. The van der Waals surface area contributed by atoms with Crippen molar-refractivity contribution in [3.05, 3.63) is 87.0 Å². The number of fused-ring (bicyclic) bond motifs is 2. The van der Waals surface area contributed by atoms with E-state index in [9.17, 15) is 9.18 Å². The van der Waals surface area contributed by atoms with E-state index in [4.69, 9.17) is 30.8 Å². The summed E-state index contributed by atoms with van der Waals surface area (Å²) < 4.78 is 40.0. The van der Waals surface area contributed by atoms with Crippen molar-refractivity contribution in [1.82, 2.24) is 29.6 Å². The number of imidazole rings is 1. The summed E-state index contributed by atoms with van der Waals surface area (Å²) in [5.74, 6) is 0.362. The van der Waals surface area contributed by atoms with Crippen LogP contribution in [0, 0.1) is 5.82 Å². The molecular weight excluding hydrogens is 603 g/mol. The molecule has 3 aliphatic heterocycles. The number of halogens is 2. The molecule has 0 aliphatic carbocycles. The molecule has 232 valence electrons. The molecule has 0 spiro atoms. The number of nitrogens with zero attached hydrogens (tertiary/aromatic N) is 5. The van der Waals surface area contributed by atoms with Crippen LogP contribution in [0.15, 0.2) is 58.0 Å². The normalized spacial score (nSPS) is 21.8. The van der Waals surface area contributed by atoms with Gasteiger partial charge in [0.15, 0.2) is 11.5 Å². The molecule has 2 atom stereocenters. The number of likely N-dealkylation sites (tertiary alicyclic amines) is 1. The van der Waals surface area contributed by atoms with Crippen LogP contribution in [0.4, 0.5) is 4.39 Å². The number of aromatic amines is 1. The van der Waals surface area contributed by atoms with Gasteiger partial charge in [-0.3, -0.25) is 19.4 Å². The fraction of sp³-hybridized carbons (Fsp3) is 0.375. The third kappa shape index (κ3) is 5.16. The smallest absolute Gasteiger partial charge is 0.439 e. The number of H-pyrrole nitrogens is 1. The zero-order valence-electron chi connectivity index (χ0n) is 24.5. The maximum absolute atomic E-state index is 14.8. The SMILES string of the molecule is C[C@]1(c2ccc(Cl)cc2F)Oc2cccc(C3CCN(Cc4nc5cc(-c6noc(=O)[nH]6)ncc5n4C[C@@H]4CCO4)CC3)c2O1. The molecule has 8 rings (SSSR count). The zero-order chi connectivity index (χ0) is 30.7. The number of hydrogen-bond acceptors (Lipinski definition) is 9. The van der Waals surface area contributed by atoms with Gasteiger partial charge in [0, 0.05) is 24.1 Å². The molecule has 45 heavy (non-hydrogen) atoms. The van der Waals surface area contributed by atoms with Crippen molar-refractivity contribution in [2.45, 2.75) is 57.1 Å². The minimum atomic E-state index is -1.28. The summed E-state index contributed by atoms with van der Waals surface area (Å²) in [6.45, 7) is 5.61. The fourth-order valence-electron chi connectivity index (χ4n) is 6.54. The summed E-state index contributed by atoms with van der Waals surface area (Å²) >= 11 is 5.98. The van der Waals surface area contributed by atoms with Gasteiger partial charge >= 0.3 is 5.76 Å². The summed E-state index contributed by atoms with van der Waals surface area (Å²) in [4.78, 5) is 25.9. The molecule has 13 heteroatoms. The molecule has 0 amide bonds. The van der Waals surface area contributed by atoms with Crippen LogP contribution in [-0.4, -0.2) is 55.4 Å². The second-order valence-electron chi connectivity index (χ2n) is 11.9. The van der Waals surface area contributed by atoms with E-state index in [1.54, 1.807) is 25.3 Å². The molecule has 0 radical (unpaired) electrons. The van der Waals surface area contributed by atoms with Crippen LogP contribution in [-0.2, 0) is 23.6 Å². The molecule has 3 aliphatic rings. The Hall–Kier alpha value is -4.26. The Morgan fingerprint density at radius 1 is 1.13 bits per heavy atom. The van der Waals surface area contributed by atoms with Gasteiger partial charge in [-0.2, -0.15) is 0 Å². The quantitative estimate of drug-likeness (QED) is 0.252. The molecule has 1 N–H and O–H groups in total. The van der Waals surface area contributed by atoms with Crippen LogP contribution in [0.1, 0.15) is 49.1 Å². The van der Waals surface area contributed by atoms with Gasteiger partial charge in [-0.05, 0) is 68.6 Å². The largest absolute Gasteiger partial charge is 0.444 e. The molecule has 2 aromatic carbocycles. The van der Waals surface area contributed by atoms with E-state index in [1.807, 2.05) is 18.2 Å².